The Labute approximate surface area is 159 Å². The average Bonchev–Trinajstić information content (AvgIpc) is 2.59. The van der Waals surface area contributed by atoms with Crippen LogP contribution in [0.5, 0.6) is 11.5 Å². The largest absolute Gasteiger partial charge is 0.507 e. The predicted octanol–water partition coefficient (Wildman–Crippen LogP) is 4.51. The lowest BCUT2D eigenvalue weighted by Gasteiger charge is -2.16. The summed E-state index contributed by atoms with van der Waals surface area (Å²) in [7, 11) is 0. The van der Waals surface area contributed by atoms with E-state index in [-0.39, 0.29) is 11.7 Å². The standard InChI is InChI=1S/C18H18BrClN2O3/c1-2-3-17(25-15-7-5-14(20)6-8-15)18(24)22-21-11-12-10-13(19)4-9-16(12)23/h4-11,17,23H,2-3H2,1H3,(H,22,24)/b21-11+/t17-/m0/s1. The molecule has 25 heavy (non-hydrogen) atoms. The fraction of sp³-hybridized carbons (Fsp3) is 0.222. The van der Waals surface area contributed by atoms with Gasteiger partial charge < -0.3 is 9.84 Å². The van der Waals surface area contributed by atoms with Gasteiger partial charge >= 0.3 is 0 Å². The molecule has 0 spiro atoms. The Morgan fingerprint density at radius 1 is 1.36 bits per heavy atom. The molecule has 2 aromatic carbocycles. The first kappa shape index (κ1) is 19.3. The molecule has 0 aliphatic carbocycles. The van der Waals surface area contributed by atoms with Crippen LogP contribution in [0.2, 0.25) is 5.02 Å². The van der Waals surface area contributed by atoms with Gasteiger partial charge in [0.1, 0.15) is 11.5 Å². The summed E-state index contributed by atoms with van der Waals surface area (Å²) < 4.78 is 6.51. The molecular weight excluding hydrogens is 408 g/mol. The van der Waals surface area contributed by atoms with E-state index in [2.05, 4.69) is 26.5 Å². The molecule has 7 heteroatoms. The topological polar surface area (TPSA) is 70.9 Å². The number of nitrogens with one attached hydrogen (secondary N) is 1. The van der Waals surface area contributed by atoms with Crippen LogP contribution in [-0.4, -0.2) is 23.3 Å². The lowest BCUT2D eigenvalue weighted by Crippen LogP contribution is -2.35. The molecule has 0 aliphatic rings. The SMILES string of the molecule is CCC[C@H](Oc1ccc(Cl)cc1)C(=O)N/N=C/c1cc(Br)ccc1O. The highest BCUT2D eigenvalue weighted by atomic mass is 79.9. The van der Waals surface area contributed by atoms with Gasteiger partial charge in [0.25, 0.3) is 5.91 Å². The number of rotatable bonds is 7. The third-order valence-corrected chi connectivity index (χ3v) is 4.05. The first-order valence-electron chi connectivity index (χ1n) is 7.73. The van der Waals surface area contributed by atoms with Crippen molar-refractivity contribution in [3.8, 4) is 11.5 Å². The second-order valence-electron chi connectivity index (χ2n) is 5.29. The third-order valence-electron chi connectivity index (χ3n) is 3.30. The monoisotopic (exact) mass is 424 g/mol. The minimum absolute atomic E-state index is 0.0729. The smallest absolute Gasteiger partial charge is 0.281 e. The number of nitrogens with zero attached hydrogens (tertiary/aromatic N) is 1. The molecule has 0 bridgehead atoms. The fourth-order valence-corrected chi connectivity index (χ4v) is 2.55. The molecule has 2 N–H and O–H groups in total. The number of carbonyl (C=O) groups excluding carboxylic acids is 1. The number of phenols is 1. The quantitative estimate of drug-likeness (QED) is 0.506. The lowest BCUT2D eigenvalue weighted by molar-refractivity contribution is -0.128. The molecule has 2 rings (SSSR count). The van der Waals surface area contributed by atoms with E-state index in [1.807, 2.05) is 6.92 Å². The van der Waals surface area contributed by atoms with Crippen molar-refractivity contribution in [3.05, 3.63) is 57.5 Å². The van der Waals surface area contributed by atoms with Gasteiger partial charge in [-0.1, -0.05) is 40.9 Å². The zero-order chi connectivity index (χ0) is 18.2. The Morgan fingerprint density at radius 3 is 2.76 bits per heavy atom. The van der Waals surface area contributed by atoms with Gasteiger partial charge in [0, 0.05) is 15.1 Å². The van der Waals surface area contributed by atoms with Gasteiger partial charge in [-0.15, -0.1) is 0 Å². The molecule has 0 fully saturated rings. The van der Waals surface area contributed by atoms with Crippen LogP contribution in [-0.2, 0) is 4.79 Å². The van der Waals surface area contributed by atoms with Crippen molar-refractivity contribution in [1.29, 1.82) is 0 Å². The van der Waals surface area contributed by atoms with Crippen molar-refractivity contribution in [3.63, 3.8) is 0 Å². The molecule has 0 aliphatic heterocycles. The first-order valence-corrected chi connectivity index (χ1v) is 8.90. The second-order valence-corrected chi connectivity index (χ2v) is 6.64. The van der Waals surface area contributed by atoms with Crippen LogP contribution >= 0.6 is 27.5 Å². The normalized spacial score (nSPS) is 12.1. The number of aromatic hydroxyl groups is 1. The summed E-state index contributed by atoms with van der Waals surface area (Å²) in [5.74, 6) is 0.276. The number of benzene rings is 2. The number of carbonyl (C=O) groups is 1. The van der Waals surface area contributed by atoms with Crippen molar-refractivity contribution < 1.29 is 14.6 Å². The molecule has 0 saturated heterocycles. The summed E-state index contributed by atoms with van der Waals surface area (Å²) in [5, 5.41) is 14.2. The maximum Gasteiger partial charge on any atom is 0.281 e. The zero-order valence-electron chi connectivity index (χ0n) is 13.6. The van der Waals surface area contributed by atoms with E-state index in [1.54, 1.807) is 36.4 Å². The van der Waals surface area contributed by atoms with Crippen LogP contribution in [0.25, 0.3) is 0 Å². The Morgan fingerprint density at radius 2 is 2.08 bits per heavy atom. The van der Waals surface area contributed by atoms with Crippen molar-refractivity contribution in [1.82, 2.24) is 5.43 Å². The van der Waals surface area contributed by atoms with E-state index in [4.69, 9.17) is 16.3 Å². The van der Waals surface area contributed by atoms with Gasteiger partial charge in [-0.2, -0.15) is 5.10 Å². The van der Waals surface area contributed by atoms with Crippen LogP contribution < -0.4 is 10.2 Å². The minimum Gasteiger partial charge on any atom is -0.507 e. The molecule has 0 unspecified atom stereocenters. The van der Waals surface area contributed by atoms with Crippen LogP contribution in [0.4, 0.5) is 0 Å². The van der Waals surface area contributed by atoms with E-state index in [0.29, 0.717) is 22.8 Å². The van der Waals surface area contributed by atoms with Crippen LogP contribution in [0.1, 0.15) is 25.3 Å². The predicted molar refractivity (Wildman–Crippen MR) is 102 cm³/mol. The fourth-order valence-electron chi connectivity index (χ4n) is 2.05. The lowest BCUT2D eigenvalue weighted by atomic mass is 10.2. The van der Waals surface area contributed by atoms with Gasteiger partial charge in [-0.05, 0) is 48.9 Å². The highest BCUT2D eigenvalue weighted by Crippen LogP contribution is 2.20. The van der Waals surface area contributed by atoms with Gasteiger partial charge in [0.2, 0.25) is 0 Å². The average molecular weight is 426 g/mol. The van der Waals surface area contributed by atoms with Crippen LogP contribution in [0, 0.1) is 0 Å². The van der Waals surface area contributed by atoms with Crippen LogP contribution in [0.3, 0.4) is 0 Å². The zero-order valence-corrected chi connectivity index (χ0v) is 15.9. The van der Waals surface area contributed by atoms with E-state index in [9.17, 15) is 9.90 Å². The van der Waals surface area contributed by atoms with Gasteiger partial charge in [0.15, 0.2) is 6.10 Å². The highest BCUT2D eigenvalue weighted by Gasteiger charge is 2.19. The number of halogens is 2. The number of hydrogen-bond donors (Lipinski definition) is 2. The summed E-state index contributed by atoms with van der Waals surface area (Å²) in [6, 6.07) is 11.8. The van der Waals surface area contributed by atoms with E-state index >= 15 is 0 Å². The number of hydrazone groups is 1. The van der Waals surface area contributed by atoms with Crippen molar-refractivity contribution in [2.75, 3.05) is 0 Å². The maximum absolute atomic E-state index is 12.3. The van der Waals surface area contributed by atoms with Crippen molar-refractivity contribution >= 4 is 39.7 Å². The molecular formula is C18H18BrClN2O3. The van der Waals surface area contributed by atoms with Crippen LogP contribution in [0.15, 0.2) is 52.0 Å². The Bertz CT molecular complexity index is 750. The summed E-state index contributed by atoms with van der Waals surface area (Å²) in [6.45, 7) is 1.97. The summed E-state index contributed by atoms with van der Waals surface area (Å²) in [6.07, 6.45) is 2.04. The number of amides is 1. The molecule has 0 saturated carbocycles. The number of hydrogen-bond acceptors (Lipinski definition) is 4. The molecule has 2 aromatic rings. The number of phenolic OH excluding ortho intramolecular Hbond substituents is 1. The van der Waals surface area contributed by atoms with Gasteiger partial charge in [-0.25, -0.2) is 5.43 Å². The number of ether oxygens (including phenoxy) is 1. The maximum atomic E-state index is 12.3. The summed E-state index contributed by atoms with van der Waals surface area (Å²) >= 11 is 9.16. The molecule has 5 nitrogen and oxygen atoms in total. The molecule has 132 valence electrons. The molecule has 0 aromatic heterocycles. The Hall–Kier alpha value is -2.05. The molecule has 1 atom stereocenters. The third kappa shape index (κ3) is 6.07. The summed E-state index contributed by atoms with van der Waals surface area (Å²) in [4.78, 5) is 12.3. The van der Waals surface area contributed by atoms with Gasteiger partial charge in [-0.3, -0.25) is 4.79 Å². The van der Waals surface area contributed by atoms with Crippen molar-refractivity contribution in [2.45, 2.75) is 25.9 Å². The van der Waals surface area contributed by atoms with E-state index in [1.165, 1.54) is 12.3 Å². The first-order chi connectivity index (χ1) is 12.0. The molecule has 0 heterocycles. The summed E-state index contributed by atoms with van der Waals surface area (Å²) in [5.41, 5.74) is 2.93. The van der Waals surface area contributed by atoms with Gasteiger partial charge in [0.05, 0.1) is 6.21 Å². The van der Waals surface area contributed by atoms with E-state index in [0.717, 1.165) is 10.9 Å². The Kier molecular flexibility index (Phi) is 7.28. The highest BCUT2D eigenvalue weighted by molar-refractivity contribution is 9.10. The van der Waals surface area contributed by atoms with Crippen molar-refractivity contribution in [2.24, 2.45) is 5.10 Å². The van der Waals surface area contributed by atoms with E-state index < -0.39 is 6.10 Å². The molecule has 0 radical (unpaired) electrons. The Balaban J connectivity index is 2.00. The second kappa shape index (κ2) is 9.44. The molecule has 1 amide bonds. The minimum atomic E-state index is -0.667.